The molecule has 0 unspecified atom stereocenters. The number of rotatable bonds is 8. The van der Waals surface area contributed by atoms with Crippen molar-refractivity contribution < 1.29 is 18.7 Å². The summed E-state index contributed by atoms with van der Waals surface area (Å²) in [6, 6.07) is 11.9. The second-order valence-electron chi connectivity index (χ2n) is 7.15. The molecule has 0 spiro atoms. The molecule has 1 saturated heterocycles. The Labute approximate surface area is 181 Å². The molecule has 1 fully saturated rings. The molecule has 1 heterocycles. The van der Waals surface area contributed by atoms with Crippen LogP contribution in [0.5, 0.6) is 5.75 Å². The third kappa shape index (κ3) is 5.75. The zero-order chi connectivity index (χ0) is 21.5. The van der Waals surface area contributed by atoms with Crippen LogP contribution in [0.4, 0.5) is 10.1 Å². The average molecular weight is 431 g/mol. The summed E-state index contributed by atoms with van der Waals surface area (Å²) in [5.41, 5.74) is 2.56. The van der Waals surface area contributed by atoms with E-state index in [9.17, 15) is 14.0 Å². The Bertz CT molecular complexity index is 881. The minimum atomic E-state index is -0.245. The molecule has 5 nitrogen and oxygen atoms in total. The maximum atomic E-state index is 13.1. The molecule has 0 atom stereocenters. The van der Waals surface area contributed by atoms with E-state index in [1.165, 1.54) is 23.9 Å². The number of hydrogen-bond donors (Lipinski definition) is 0. The van der Waals surface area contributed by atoms with Crippen molar-refractivity contribution in [2.45, 2.75) is 19.6 Å². The average Bonchev–Trinajstić information content (AvgIpc) is 2.75. The lowest BCUT2D eigenvalue weighted by Crippen LogP contribution is -2.49. The molecule has 0 radical (unpaired) electrons. The Balaban J connectivity index is 1.50. The lowest BCUT2D eigenvalue weighted by Gasteiger charge is -2.36. The van der Waals surface area contributed by atoms with Gasteiger partial charge in [-0.1, -0.05) is 0 Å². The van der Waals surface area contributed by atoms with Crippen LogP contribution in [-0.2, 0) is 10.5 Å². The number of piperazine rings is 1. The van der Waals surface area contributed by atoms with Crippen LogP contribution in [0.15, 0.2) is 42.5 Å². The van der Waals surface area contributed by atoms with Crippen molar-refractivity contribution in [2.24, 2.45) is 0 Å². The summed E-state index contributed by atoms with van der Waals surface area (Å²) in [5.74, 6) is 1.63. The molecular formula is C23H27FN2O3S. The van der Waals surface area contributed by atoms with Crippen LogP contribution < -0.4 is 9.64 Å². The van der Waals surface area contributed by atoms with Gasteiger partial charge in [-0.25, -0.2) is 4.39 Å². The second kappa shape index (κ2) is 10.5. The molecule has 2 aromatic carbocycles. The molecule has 0 bridgehead atoms. The topological polar surface area (TPSA) is 49.9 Å². The zero-order valence-corrected chi connectivity index (χ0v) is 18.2. The molecule has 0 aliphatic carbocycles. The molecule has 0 N–H and O–H groups in total. The highest BCUT2D eigenvalue weighted by Crippen LogP contribution is 2.26. The summed E-state index contributed by atoms with van der Waals surface area (Å²) >= 11 is 1.53. The van der Waals surface area contributed by atoms with E-state index in [-0.39, 0.29) is 17.5 Å². The number of halogens is 1. The molecule has 1 aliphatic heterocycles. The normalized spacial score (nSPS) is 14.0. The second-order valence-corrected chi connectivity index (χ2v) is 8.13. The number of ether oxygens (including phenoxy) is 1. The van der Waals surface area contributed by atoms with Gasteiger partial charge in [-0.3, -0.25) is 9.59 Å². The van der Waals surface area contributed by atoms with Crippen LogP contribution in [0.25, 0.3) is 0 Å². The molecule has 2 aromatic rings. The predicted molar refractivity (Wildman–Crippen MR) is 119 cm³/mol. The minimum absolute atomic E-state index is 0.0133. The first-order valence-electron chi connectivity index (χ1n) is 10.1. The lowest BCUT2D eigenvalue weighted by molar-refractivity contribution is -0.128. The summed E-state index contributed by atoms with van der Waals surface area (Å²) in [7, 11) is 0. The Morgan fingerprint density at radius 3 is 2.40 bits per heavy atom. The number of thioether (sulfide) groups is 1. The van der Waals surface area contributed by atoms with E-state index in [4.69, 9.17) is 4.74 Å². The van der Waals surface area contributed by atoms with Crippen molar-refractivity contribution in [3.63, 3.8) is 0 Å². The molecular weight excluding hydrogens is 403 g/mol. The van der Waals surface area contributed by atoms with Crippen LogP contribution in [0.1, 0.15) is 29.8 Å². The highest BCUT2D eigenvalue weighted by molar-refractivity contribution is 7.99. The van der Waals surface area contributed by atoms with Crippen LogP contribution >= 0.6 is 11.8 Å². The van der Waals surface area contributed by atoms with Gasteiger partial charge in [-0.15, -0.1) is 11.8 Å². The Hall–Kier alpha value is -2.54. The van der Waals surface area contributed by atoms with E-state index in [2.05, 4.69) is 4.90 Å². The van der Waals surface area contributed by atoms with Gasteiger partial charge < -0.3 is 14.5 Å². The van der Waals surface area contributed by atoms with Crippen molar-refractivity contribution in [1.29, 1.82) is 0 Å². The van der Waals surface area contributed by atoms with Crippen molar-refractivity contribution in [3.05, 3.63) is 59.4 Å². The highest BCUT2D eigenvalue weighted by atomic mass is 32.2. The Morgan fingerprint density at radius 2 is 1.77 bits per heavy atom. The van der Waals surface area contributed by atoms with Gasteiger partial charge in [0, 0.05) is 48.7 Å². The zero-order valence-electron chi connectivity index (χ0n) is 17.4. The number of benzene rings is 2. The fraction of sp³-hybridized carbons (Fsp3) is 0.391. The summed E-state index contributed by atoms with van der Waals surface area (Å²) in [5, 5.41) is 0. The number of carbonyl (C=O) groups excluding carboxylic acids is 2. The Morgan fingerprint density at radius 1 is 1.07 bits per heavy atom. The standard InChI is InChI=1S/C23H27FN2O3S/c1-3-29-22-9-4-18(17(2)27)14-19(22)15-30-16-23(28)26-12-10-25(11-13-26)21-7-5-20(24)6-8-21/h4-9,14H,3,10-13,15-16H2,1-2H3. The first-order valence-corrected chi connectivity index (χ1v) is 11.3. The molecule has 3 rings (SSSR count). The van der Waals surface area contributed by atoms with E-state index < -0.39 is 0 Å². The van der Waals surface area contributed by atoms with E-state index in [1.54, 1.807) is 25.1 Å². The molecule has 160 valence electrons. The van der Waals surface area contributed by atoms with E-state index in [0.29, 0.717) is 36.8 Å². The molecule has 7 heteroatoms. The van der Waals surface area contributed by atoms with E-state index >= 15 is 0 Å². The van der Waals surface area contributed by atoms with Crippen LogP contribution in [-0.4, -0.2) is 55.1 Å². The number of nitrogens with zero attached hydrogens (tertiary/aromatic N) is 2. The number of hydrogen-bond acceptors (Lipinski definition) is 5. The van der Waals surface area contributed by atoms with Crippen molar-refractivity contribution in [1.82, 2.24) is 4.90 Å². The SMILES string of the molecule is CCOc1ccc(C(C)=O)cc1CSCC(=O)N1CCN(c2ccc(F)cc2)CC1. The number of amides is 1. The minimum Gasteiger partial charge on any atom is -0.494 e. The van der Waals surface area contributed by atoms with Gasteiger partial charge in [0.2, 0.25) is 5.91 Å². The number of Topliss-reactive ketones (excluding diaryl/α,β-unsaturated/α-hetero) is 1. The van der Waals surface area contributed by atoms with Gasteiger partial charge in [-0.05, 0) is 56.3 Å². The van der Waals surface area contributed by atoms with Gasteiger partial charge >= 0.3 is 0 Å². The van der Waals surface area contributed by atoms with E-state index in [0.717, 1.165) is 30.1 Å². The Kier molecular flexibility index (Phi) is 7.74. The first kappa shape index (κ1) is 22.2. The third-order valence-electron chi connectivity index (χ3n) is 5.07. The fourth-order valence-electron chi connectivity index (χ4n) is 3.41. The van der Waals surface area contributed by atoms with Gasteiger partial charge in [0.1, 0.15) is 11.6 Å². The van der Waals surface area contributed by atoms with Gasteiger partial charge in [0.15, 0.2) is 5.78 Å². The monoisotopic (exact) mass is 430 g/mol. The van der Waals surface area contributed by atoms with Crippen molar-refractivity contribution in [3.8, 4) is 5.75 Å². The summed E-state index contributed by atoms with van der Waals surface area (Å²) in [6.07, 6.45) is 0. The molecule has 0 saturated carbocycles. The quantitative estimate of drug-likeness (QED) is 0.593. The summed E-state index contributed by atoms with van der Waals surface area (Å²) in [4.78, 5) is 28.3. The predicted octanol–water partition coefficient (Wildman–Crippen LogP) is 4.01. The molecule has 1 aliphatic rings. The maximum Gasteiger partial charge on any atom is 0.232 e. The van der Waals surface area contributed by atoms with Crippen molar-refractivity contribution in [2.75, 3.05) is 43.4 Å². The molecule has 0 aromatic heterocycles. The highest BCUT2D eigenvalue weighted by Gasteiger charge is 2.21. The van der Waals surface area contributed by atoms with Crippen LogP contribution in [0.3, 0.4) is 0 Å². The largest absolute Gasteiger partial charge is 0.494 e. The summed E-state index contributed by atoms with van der Waals surface area (Å²) in [6.45, 7) is 6.79. The molecule has 30 heavy (non-hydrogen) atoms. The van der Waals surface area contributed by atoms with Crippen LogP contribution in [0, 0.1) is 5.82 Å². The third-order valence-corrected chi connectivity index (χ3v) is 6.04. The maximum absolute atomic E-state index is 13.1. The van der Waals surface area contributed by atoms with Crippen molar-refractivity contribution >= 4 is 29.1 Å². The van der Waals surface area contributed by atoms with E-state index in [1.807, 2.05) is 24.0 Å². The van der Waals surface area contributed by atoms with Gasteiger partial charge in [0.05, 0.1) is 12.4 Å². The molecule has 1 amide bonds. The first-order chi connectivity index (χ1) is 14.5. The van der Waals surface area contributed by atoms with Gasteiger partial charge in [0.25, 0.3) is 0 Å². The summed E-state index contributed by atoms with van der Waals surface area (Å²) < 4.78 is 18.8. The number of anilines is 1. The lowest BCUT2D eigenvalue weighted by atomic mass is 10.1. The van der Waals surface area contributed by atoms with Gasteiger partial charge in [-0.2, -0.15) is 0 Å². The number of carbonyl (C=O) groups is 2. The number of ketones is 1. The smallest absolute Gasteiger partial charge is 0.232 e. The van der Waals surface area contributed by atoms with Crippen LogP contribution in [0.2, 0.25) is 0 Å². The fourth-order valence-corrected chi connectivity index (χ4v) is 4.32.